The Balaban J connectivity index is 1.96. The van der Waals surface area contributed by atoms with Crippen LogP contribution in [0.3, 0.4) is 0 Å². The van der Waals surface area contributed by atoms with Gasteiger partial charge in [-0.25, -0.2) is 0 Å². The lowest BCUT2D eigenvalue weighted by Gasteiger charge is -2.18. The number of esters is 1. The zero-order chi connectivity index (χ0) is 16.7. The van der Waals surface area contributed by atoms with Gasteiger partial charge in [-0.15, -0.1) is 0 Å². The van der Waals surface area contributed by atoms with Gasteiger partial charge in [0.05, 0.1) is 25.8 Å². The first-order valence-electron chi connectivity index (χ1n) is 7.47. The van der Waals surface area contributed by atoms with Crippen molar-refractivity contribution in [2.45, 2.75) is 25.3 Å². The second-order valence-corrected chi connectivity index (χ2v) is 5.33. The Hall–Kier alpha value is -2.63. The van der Waals surface area contributed by atoms with Gasteiger partial charge < -0.3 is 10.1 Å². The molecule has 6 heteroatoms. The van der Waals surface area contributed by atoms with Gasteiger partial charge in [0.15, 0.2) is 0 Å². The van der Waals surface area contributed by atoms with Crippen molar-refractivity contribution in [1.29, 1.82) is 0 Å². The predicted octanol–water partition coefficient (Wildman–Crippen LogP) is 1.77. The summed E-state index contributed by atoms with van der Waals surface area (Å²) < 4.78 is 6.42. The summed E-state index contributed by atoms with van der Waals surface area (Å²) in [5.41, 5.74) is 1.89. The number of nitrogens with zero attached hydrogens (tertiary/aromatic N) is 2. The van der Waals surface area contributed by atoms with Crippen molar-refractivity contribution in [3.63, 3.8) is 0 Å². The van der Waals surface area contributed by atoms with Crippen molar-refractivity contribution in [3.8, 4) is 0 Å². The average Bonchev–Trinajstić information content (AvgIpc) is 2.98. The molecular formula is C17H21N3O3. The van der Waals surface area contributed by atoms with E-state index in [-0.39, 0.29) is 24.3 Å². The molecule has 0 bridgehead atoms. The summed E-state index contributed by atoms with van der Waals surface area (Å²) in [4.78, 5) is 23.8. The summed E-state index contributed by atoms with van der Waals surface area (Å²) in [6.45, 7) is 0. The molecule has 1 N–H and O–H groups in total. The topological polar surface area (TPSA) is 73.2 Å². The standard InChI is InChI=1S/C17H21N3O3/c1-20-12-13(11-18-20)8-9-16(21)19-15(10-17(22)23-2)14-6-4-3-5-7-14/h3-7,11-12,15H,8-10H2,1-2H3,(H,19,21). The number of benzene rings is 1. The lowest BCUT2D eigenvalue weighted by Crippen LogP contribution is -2.30. The second kappa shape index (κ2) is 8.12. The molecule has 1 atom stereocenters. The number of methoxy groups -OCH3 is 1. The number of nitrogens with one attached hydrogen (secondary N) is 1. The van der Waals surface area contributed by atoms with Gasteiger partial charge in [0.1, 0.15) is 0 Å². The molecule has 1 heterocycles. The molecule has 0 fully saturated rings. The second-order valence-electron chi connectivity index (χ2n) is 5.33. The number of rotatable bonds is 7. The van der Waals surface area contributed by atoms with Gasteiger partial charge in [0.2, 0.25) is 5.91 Å². The van der Waals surface area contributed by atoms with Crippen LogP contribution in [0, 0.1) is 0 Å². The molecule has 1 unspecified atom stereocenters. The van der Waals surface area contributed by atoms with Gasteiger partial charge in [-0.1, -0.05) is 30.3 Å². The molecule has 23 heavy (non-hydrogen) atoms. The quantitative estimate of drug-likeness (QED) is 0.790. The first-order valence-corrected chi connectivity index (χ1v) is 7.47. The highest BCUT2D eigenvalue weighted by molar-refractivity contribution is 5.78. The van der Waals surface area contributed by atoms with Gasteiger partial charge in [-0.2, -0.15) is 5.10 Å². The van der Waals surface area contributed by atoms with Gasteiger partial charge >= 0.3 is 5.97 Å². The third kappa shape index (κ3) is 5.25. The molecule has 0 saturated carbocycles. The van der Waals surface area contributed by atoms with E-state index >= 15 is 0 Å². The molecule has 1 aromatic carbocycles. The number of hydrogen-bond acceptors (Lipinski definition) is 4. The first-order chi connectivity index (χ1) is 11.1. The molecule has 0 aliphatic heterocycles. The van der Waals surface area contributed by atoms with E-state index in [4.69, 9.17) is 4.74 Å². The van der Waals surface area contributed by atoms with Crippen molar-refractivity contribution in [2.75, 3.05) is 7.11 Å². The lowest BCUT2D eigenvalue weighted by molar-refractivity contribution is -0.141. The van der Waals surface area contributed by atoms with Gasteiger partial charge in [0, 0.05) is 19.7 Å². The summed E-state index contributed by atoms with van der Waals surface area (Å²) in [5, 5.41) is 6.99. The van der Waals surface area contributed by atoms with E-state index in [1.54, 1.807) is 10.9 Å². The molecule has 2 aromatic rings. The molecule has 6 nitrogen and oxygen atoms in total. The largest absolute Gasteiger partial charge is 0.469 e. The van der Waals surface area contributed by atoms with Crippen LogP contribution in [-0.4, -0.2) is 28.8 Å². The number of amides is 1. The smallest absolute Gasteiger partial charge is 0.307 e. The maximum Gasteiger partial charge on any atom is 0.307 e. The number of carbonyl (C=O) groups excluding carboxylic acids is 2. The molecule has 0 aliphatic carbocycles. The van der Waals surface area contributed by atoms with E-state index in [1.807, 2.05) is 43.6 Å². The molecule has 1 amide bonds. The SMILES string of the molecule is COC(=O)CC(NC(=O)CCc1cnn(C)c1)c1ccccc1. The summed E-state index contributed by atoms with van der Waals surface area (Å²) in [6.07, 6.45) is 4.70. The van der Waals surface area contributed by atoms with E-state index in [0.29, 0.717) is 12.8 Å². The highest BCUT2D eigenvalue weighted by Gasteiger charge is 2.18. The number of ether oxygens (including phenoxy) is 1. The molecular weight excluding hydrogens is 294 g/mol. The Bertz CT molecular complexity index is 652. The highest BCUT2D eigenvalue weighted by Crippen LogP contribution is 2.17. The predicted molar refractivity (Wildman–Crippen MR) is 85.5 cm³/mol. The summed E-state index contributed by atoms with van der Waals surface area (Å²) >= 11 is 0. The van der Waals surface area contributed by atoms with Crippen molar-refractivity contribution >= 4 is 11.9 Å². The third-order valence-electron chi connectivity index (χ3n) is 3.53. The highest BCUT2D eigenvalue weighted by atomic mass is 16.5. The molecule has 1 aromatic heterocycles. The summed E-state index contributed by atoms with van der Waals surface area (Å²) in [5.74, 6) is -0.460. The summed E-state index contributed by atoms with van der Waals surface area (Å²) in [6, 6.07) is 9.03. The van der Waals surface area contributed by atoms with Gasteiger partial charge in [0.25, 0.3) is 0 Å². The Morgan fingerprint density at radius 1 is 1.30 bits per heavy atom. The van der Waals surface area contributed by atoms with E-state index in [0.717, 1.165) is 11.1 Å². The van der Waals surface area contributed by atoms with Crippen molar-refractivity contribution in [3.05, 3.63) is 53.9 Å². The maximum atomic E-state index is 12.2. The monoisotopic (exact) mass is 315 g/mol. The van der Waals surface area contributed by atoms with Crippen LogP contribution in [-0.2, 0) is 27.8 Å². The Labute approximate surface area is 135 Å². The van der Waals surface area contributed by atoms with Crippen LogP contribution >= 0.6 is 0 Å². The van der Waals surface area contributed by atoms with Crippen LogP contribution in [0.5, 0.6) is 0 Å². The first kappa shape index (κ1) is 16.7. The average molecular weight is 315 g/mol. The number of hydrogen-bond donors (Lipinski definition) is 1. The lowest BCUT2D eigenvalue weighted by atomic mass is 10.0. The molecule has 0 saturated heterocycles. The van der Waals surface area contributed by atoms with Crippen LogP contribution in [0.2, 0.25) is 0 Å². The van der Waals surface area contributed by atoms with Crippen molar-refractivity contribution in [2.24, 2.45) is 7.05 Å². The van der Waals surface area contributed by atoms with Crippen LogP contribution in [0.1, 0.15) is 30.0 Å². The fourth-order valence-electron chi connectivity index (χ4n) is 2.31. The zero-order valence-electron chi connectivity index (χ0n) is 13.4. The third-order valence-corrected chi connectivity index (χ3v) is 3.53. The number of aryl methyl sites for hydroxylation is 2. The minimum atomic E-state index is -0.384. The molecule has 0 spiro atoms. The van der Waals surface area contributed by atoms with Crippen molar-refractivity contribution < 1.29 is 14.3 Å². The minimum absolute atomic E-state index is 0.105. The van der Waals surface area contributed by atoms with E-state index in [2.05, 4.69) is 10.4 Å². The molecule has 2 rings (SSSR count). The van der Waals surface area contributed by atoms with Crippen LogP contribution in [0.15, 0.2) is 42.7 Å². The van der Waals surface area contributed by atoms with Crippen LogP contribution in [0.4, 0.5) is 0 Å². The fourth-order valence-corrected chi connectivity index (χ4v) is 2.31. The zero-order valence-corrected chi connectivity index (χ0v) is 13.4. The normalized spacial score (nSPS) is 11.7. The van der Waals surface area contributed by atoms with Gasteiger partial charge in [-0.3, -0.25) is 14.3 Å². The van der Waals surface area contributed by atoms with Gasteiger partial charge in [-0.05, 0) is 17.5 Å². The molecule has 122 valence electrons. The summed E-state index contributed by atoms with van der Waals surface area (Å²) in [7, 11) is 3.18. The van der Waals surface area contributed by atoms with E-state index in [1.165, 1.54) is 7.11 Å². The Morgan fingerprint density at radius 2 is 2.04 bits per heavy atom. The molecule has 0 aliphatic rings. The van der Waals surface area contributed by atoms with E-state index < -0.39 is 0 Å². The number of aromatic nitrogens is 2. The molecule has 0 radical (unpaired) electrons. The number of carbonyl (C=O) groups is 2. The fraction of sp³-hybridized carbons (Fsp3) is 0.353. The van der Waals surface area contributed by atoms with Crippen molar-refractivity contribution in [1.82, 2.24) is 15.1 Å². The Morgan fingerprint density at radius 3 is 2.65 bits per heavy atom. The van der Waals surface area contributed by atoms with Crippen LogP contribution < -0.4 is 5.32 Å². The minimum Gasteiger partial charge on any atom is -0.469 e. The Kier molecular flexibility index (Phi) is 5.91. The van der Waals surface area contributed by atoms with Crippen LogP contribution in [0.25, 0.3) is 0 Å². The maximum absolute atomic E-state index is 12.2. The van der Waals surface area contributed by atoms with E-state index in [9.17, 15) is 9.59 Å².